The summed E-state index contributed by atoms with van der Waals surface area (Å²) in [7, 11) is 0. The van der Waals surface area contributed by atoms with Crippen LogP contribution < -0.4 is 5.32 Å². The molecule has 1 aromatic rings. The Labute approximate surface area is 115 Å². The van der Waals surface area contributed by atoms with Gasteiger partial charge in [0.2, 0.25) is 0 Å². The third kappa shape index (κ3) is 1.90. The number of rotatable bonds is 2. The van der Waals surface area contributed by atoms with Crippen molar-refractivity contribution in [3.8, 4) is 0 Å². The summed E-state index contributed by atoms with van der Waals surface area (Å²) in [5.74, 6) is 3.71. The van der Waals surface area contributed by atoms with Crippen LogP contribution in [0.5, 0.6) is 0 Å². The van der Waals surface area contributed by atoms with Gasteiger partial charge in [0, 0.05) is 36.7 Å². The van der Waals surface area contributed by atoms with Crippen LogP contribution in [0.15, 0.2) is 0 Å². The van der Waals surface area contributed by atoms with E-state index in [0.717, 1.165) is 37.8 Å². The summed E-state index contributed by atoms with van der Waals surface area (Å²) < 4.78 is 0. The van der Waals surface area contributed by atoms with E-state index in [1.54, 1.807) is 0 Å². The first-order valence-electron chi connectivity index (χ1n) is 7.94. The van der Waals surface area contributed by atoms with Gasteiger partial charge in [-0.1, -0.05) is 13.3 Å². The van der Waals surface area contributed by atoms with E-state index < -0.39 is 0 Å². The normalized spacial score (nSPS) is 32.6. The lowest BCUT2D eigenvalue weighted by atomic mass is 9.87. The highest BCUT2D eigenvalue weighted by Crippen LogP contribution is 2.52. The molecule has 3 atom stereocenters. The van der Waals surface area contributed by atoms with Gasteiger partial charge >= 0.3 is 0 Å². The second-order valence-corrected chi connectivity index (χ2v) is 6.52. The van der Waals surface area contributed by atoms with Gasteiger partial charge in [-0.05, 0) is 37.5 Å². The highest BCUT2D eigenvalue weighted by atomic mass is 15.0. The van der Waals surface area contributed by atoms with E-state index >= 15 is 0 Å². The summed E-state index contributed by atoms with van der Waals surface area (Å²) in [4.78, 5) is 9.93. The summed E-state index contributed by atoms with van der Waals surface area (Å²) in [6, 6.07) is 0. The Morgan fingerprint density at radius 2 is 2.16 bits per heavy atom. The molecule has 2 saturated carbocycles. The number of hydrogen-bond acceptors (Lipinski definition) is 3. The van der Waals surface area contributed by atoms with Crippen molar-refractivity contribution in [2.45, 2.75) is 57.9 Å². The van der Waals surface area contributed by atoms with E-state index in [1.807, 2.05) is 0 Å². The lowest BCUT2D eigenvalue weighted by Gasteiger charge is -2.24. The standard InChI is InChI=1S/C16H23N3/c1-2-14-13-9-17-6-5-15(13)19-16(18-14)12-8-10-3-4-11(12)7-10/h10-12,17H,2-9H2,1H3. The van der Waals surface area contributed by atoms with Crippen molar-refractivity contribution in [1.82, 2.24) is 15.3 Å². The molecule has 1 N–H and O–H groups in total. The van der Waals surface area contributed by atoms with Crippen molar-refractivity contribution in [2.24, 2.45) is 11.8 Å². The third-order valence-electron chi connectivity index (χ3n) is 5.44. The van der Waals surface area contributed by atoms with Gasteiger partial charge in [0.15, 0.2) is 0 Å². The van der Waals surface area contributed by atoms with Gasteiger partial charge in [0.1, 0.15) is 5.82 Å². The zero-order valence-electron chi connectivity index (χ0n) is 11.8. The molecular weight excluding hydrogens is 234 g/mol. The number of aryl methyl sites for hydroxylation is 1. The number of nitrogens with one attached hydrogen (secondary N) is 1. The predicted octanol–water partition coefficient (Wildman–Crippen LogP) is 2.59. The smallest absolute Gasteiger partial charge is 0.132 e. The molecule has 102 valence electrons. The summed E-state index contributed by atoms with van der Waals surface area (Å²) in [6.45, 7) is 4.26. The number of fused-ring (bicyclic) bond motifs is 3. The average Bonchev–Trinajstić information content (AvgIpc) is 3.08. The van der Waals surface area contributed by atoms with Gasteiger partial charge in [-0.25, -0.2) is 9.97 Å². The van der Waals surface area contributed by atoms with E-state index in [9.17, 15) is 0 Å². The Morgan fingerprint density at radius 3 is 2.89 bits per heavy atom. The lowest BCUT2D eigenvalue weighted by molar-refractivity contribution is 0.402. The summed E-state index contributed by atoms with van der Waals surface area (Å²) >= 11 is 0. The molecule has 3 nitrogen and oxygen atoms in total. The first kappa shape index (κ1) is 11.8. The molecule has 2 aliphatic carbocycles. The fraction of sp³-hybridized carbons (Fsp3) is 0.750. The van der Waals surface area contributed by atoms with Crippen molar-refractivity contribution in [3.05, 3.63) is 22.8 Å². The molecule has 1 aromatic heterocycles. The maximum atomic E-state index is 4.97. The minimum absolute atomic E-state index is 0.671. The van der Waals surface area contributed by atoms with Gasteiger partial charge in [0.25, 0.3) is 0 Å². The Kier molecular flexibility index (Phi) is 2.83. The maximum absolute atomic E-state index is 4.97. The van der Waals surface area contributed by atoms with Crippen molar-refractivity contribution in [3.63, 3.8) is 0 Å². The van der Waals surface area contributed by atoms with E-state index in [1.165, 1.54) is 48.5 Å². The Bertz CT molecular complexity index is 480. The third-order valence-corrected chi connectivity index (χ3v) is 5.44. The predicted molar refractivity (Wildman–Crippen MR) is 75.0 cm³/mol. The van der Waals surface area contributed by atoms with Crippen LogP contribution in [-0.4, -0.2) is 16.5 Å². The second-order valence-electron chi connectivity index (χ2n) is 6.52. The Balaban J connectivity index is 1.72. The Hall–Kier alpha value is -0.960. The van der Waals surface area contributed by atoms with Crippen molar-refractivity contribution in [1.29, 1.82) is 0 Å². The quantitative estimate of drug-likeness (QED) is 0.885. The van der Waals surface area contributed by atoms with Crippen LogP contribution in [-0.2, 0) is 19.4 Å². The van der Waals surface area contributed by atoms with Crippen molar-refractivity contribution in [2.75, 3.05) is 6.54 Å². The number of hydrogen-bond donors (Lipinski definition) is 1. The fourth-order valence-corrected chi connectivity index (χ4v) is 4.45. The van der Waals surface area contributed by atoms with Crippen LogP contribution >= 0.6 is 0 Å². The molecule has 1 aliphatic heterocycles. The van der Waals surface area contributed by atoms with E-state index in [-0.39, 0.29) is 0 Å². The van der Waals surface area contributed by atoms with E-state index in [4.69, 9.17) is 9.97 Å². The molecule has 2 heterocycles. The van der Waals surface area contributed by atoms with Crippen LogP contribution in [0.2, 0.25) is 0 Å². The molecule has 0 aromatic carbocycles. The van der Waals surface area contributed by atoms with Crippen LogP contribution in [0.25, 0.3) is 0 Å². The van der Waals surface area contributed by atoms with Crippen LogP contribution in [0, 0.1) is 11.8 Å². The molecule has 3 aliphatic rings. The SMILES string of the molecule is CCc1nc(C2CC3CCC2C3)nc2c1CNCC2. The summed E-state index contributed by atoms with van der Waals surface area (Å²) in [6.07, 6.45) is 7.79. The molecule has 19 heavy (non-hydrogen) atoms. The average molecular weight is 257 g/mol. The summed E-state index contributed by atoms with van der Waals surface area (Å²) in [5.41, 5.74) is 4.03. The first-order chi connectivity index (χ1) is 9.35. The zero-order chi connectivity index (χ0) is 12.8. The van der Waals surface area contributed by atoms with Crippen LogP contribution in [0.3, 0.4) is 0 Å². The van der Waals surface area contributed by atoms with Crippen LogP contribution in [0.1, 0.15) is 61.3 Å². The summed E-state index contributed by atoms with van der Waals surface area (Å²) in [5, 5.41) is 3.45. The topological polar surface area (TPSA) is 37.8 Å². The fourth-order valence-electron chi connectivity index (χ4n) is 4.45. The van der Waals surface area contributed by atoms with Gasteiger partial charge < -0.3 is 5.32 Å². The Morgan fingerprint density at radius 1 is 1.21 bits per heavy atom. The monoisotopic (exact) mass is 257 g/mol. The molecule has 4 rings (SSSR count). The van der Waals surface area contributed by atoms with Crippen molar-refractivity contribution >= 4 is 0 Å². The second kappa shape index (κ2) is 4.55. The molecule has 0 spiro atoms. The molecule has 3 heteroatoms. The van der Waals surface area contributed by atoms with Gasteiger partial charge in [-0.15, -0.1) is 0 Å². The van der Waals surface area contributed by atoms with Gasteiger partial charge in [0.05, 0.1) is 5.69 Å². The molecule has 2 bridgehead atoms. The minimum Gasteiger partial charge on any atom is -0.312 e. The molecule has 3 unspecified atom stereocenters. The lowest BCUT2D eigenvalue weighted by Crippen LogP contribution is -2.28. The van der Waals surface area contributed by atoms with Gasteiger partial charge in [-0.3, -0.25) is 0 Å². The first-order valence-corrected chi connectivity index (χ1v) is 7.94. The molecule has 0 amide bonds. The number of nitrogens with zero attached hydrogens (tertiary/aromatic N) is 2. The minimum atomic E-state index is 0.671. The highest BCUT2D eigenvalue weighted by molar-refractivity contribution is 5.29. The molecule has 2 fully saturated rings. The zero-order valence-corrected chi connectivity index (χ0v) is 11.8. The van der Waals surface area contributed by atoms with Crippen LogP contribution in [0.4, 0.5) is 0 Å². The number of aromatic nitrogens is 2. The van der Waals surface area contributed by atoms with E-state index in [0.29, 0.717) is 5.92 Å². The molecular formula is C16H23N3. The molecule has 0 saturated heterocycles. The van der Waals surface area contributed by atoms with Crippen molar-refractivity contribution < 1.29 is 0 Å². The largest absolute Gasteiger partial charge is 0.312 e. The van der Waals surface area contributed by atoms with Gasteiger partial charge in [-0.2, -0.15) is 0 Å². The molecule has 0 radical (unpaired) electrons. The highest BCUT2D eigenvalue weighted by Gasteiger charge is 2.41. The maximum Gasteiger partial charge on any atom is 0.132 e. The van der Waals surface area contributed by atoms with E-state index in [2.05, 4.69) is 12.2 Å².